The van der Waals surface area contributed by atoms with Gasteiger partial charge in [0.2, 0.25) is 0 Å². The van der Waals surface area contributed by atoms with E-state index in [1.54, 1.807) is 54.6 Å². The number of carbonyl (C=O) groups is 3. The monoisotopic (exact) mass is 425 g/mol. The molecule has 1 saturated carbocycles. The molecule has 1 atom stereocenters. The van der Waals surface area contributed by atoms with Gasteiger partial charge in [-0.25, -0.2) is 9.59 Å². The number of nitrogens with one attached hydrogen (secondary N) is 1. The molecular formula is C24H27NO6. The molecule has 2 aromatic carbocycles. The molecule has 0 heterocycles. The van der Waals surface area contributed by atoms with Crippen molar-refractivity contribution in [3.8, 4) is 0 Å². The number of benzene rings is 2. The first-order chi connectivity index (χ1) is 15.0. The molecule has 31 heavy (non-hydrogen) atoms. The minimum Gasteiger partial charge on any atom is -0.457 e. The smallest absolute Gasteiger partial charge is 0.410 e. The maximum absolute atomic E-state index is 12.6. The van der Waals surface area contributed by atoms with Gasteiger partial charge in [-0.2, -0.15) is 0 Å². The molecule has 7 nitrogen and oxygen atoms in total. The first-order valence-corrected chi connectivity index (χ1v) is 10.4. The van der Waals surface area contributed by atoms with Gasteiger partial charge in [0.25, 0.3) is 6.29 Å². The zero-order valence-corrected chi connectivity index (χ0v) is 17.5. The zero-order chi connectivity index (χ0) is 22.1. The van der Waals surface area contributed by atoms with Crippen LogP contribution >= 0.6 is 0 Å². The summed E-state index contributed by atoms with van der Waals surface area (Å²) in [7, 11) is 0. The number of esters is 2. The van der Waals surface area contributed by atoms with Crippen molar-refractivity contribution >= 4 is 18.0 Å². The highest BCUT2D eigenvalue weighted by atomic mass is 16.7. The Morgan fingerprint density at radius 3 is 2.13 bits per heavy atom. The van der Waals surface area contributed by atoms with Crippen LogP contribution in [0.25, 0.3) is 0 Å². The minimum atomic E-state index is -1.22. The normalized spacial score (nSPS) is 15.9. The fourth-order valence-electron chi connectivity index (χ4n) is 3.70. The van der Waals surface area contributed by atoms with E-state index < -0.39 is 24.0 Å². The minimum absolute atomic E-state index is 0.138. The molecule has 0 aliphatic heterocycles. The first-order valence-electron chi connectivity index (χ1n) is 10.4. The van der Waals surface area contributed by atoms with Gasteiger partial charge in [0.1, 0.15) is 5.60 Å². The number of amides is 1. The lowest BCUT2D eigenvalue weighted by molar-refractivity contribution is -0.160. The molecule has 164 valence electrons. The fourth-order valence-corrected chi connectivity index (χ4v) is 3.70. The molecular weight excluding hydrogens is 398 g/mol. The van der Waals surface area contributed by atoms with E-state index in [9.17, 15) is 14.4 Å². The Balaban J connectivity index is 1.66. The van der Waals surface area contributed by atoms with E-state index in [2.05, 4.69) is 5.32 Å². The molecule has 7 heteroatoms. The largest absolute Gasteiger partial charge is 0.457 e. The number of carbonyl (C=O) groups excluding carboxylic acids is 3. The quantitative estimate of drug-likeness (QED) is 0.518. The highest BCUT2D eigenvalue weighted by Gasteiger charge is 2.36. The molecule has 0 bridgehead atoms. The van der Waals surface area contributed by atoms with Crippen LogP contribution in [0, 0.1) is 0 Å². The van der Waals surface area contributed by atoms with E-state index in [1.165, 1.54) is 6.92 Å². The van der Waals surface area contributed by atoms with Crippen LogP contribution in [0.2, 0.25) is 0 Å². The second-order valence-electron chi connectivity index (χ2n) is 7.61. The van der Waals surface area contributed by atoms with Crippen molar-refractivity contribution in [1.82, 2.24) is 5.32 Å². The lowest BCUT2D eigenvalue weighted by Crippen LogP contribution is -2.47. The molecule has 0 saturated heterocycles. The summed E-state index contributed by atoms with van der Waals surface area (Å²) in [4.78, 5) is 36.6. The van der Waals surface area contributed by atoms with Crippen molar-refractivity contribution in [3.63, 3.8) is 0 Å². The number of alkyl carbamates (subject to hydrolysis) is 1. The fraction of sp³-hybridized carbons (Fsp3) is 0.375. The molecule has 1 amide bonds. The van der Waals surface area contributed by atoms with Crippen molar-refractivity contribution < 1.29 is 28.6 Å². The van der Waals surface area contributed by atoms with E-state index in [0.717, 1.165) is 19.3 Å². The van der Waals surface area contributed by atoms with Gasteiger partial charge in [-0.1, -0.05) is 55.0 Å². The van der Waals surface area contributed by atoms with Gasteiger partial charge in [-0.15, -0.1) is 0 Å². The van der Waals surface area contributed by atoms with E-state index in [-0.39, 0.29) is 12.5 Å². The third-order valence-electron chi connectivity index (χ3n) is 5.19. The standard InChI is InChI=1S/C24H27NO6/c1-18(26)31-24(15-9-4-10-16-24)17-25-23(28)30-22(20-13-7-3-8-14-20)29-21(27)19-11-5-2-6-12-19/h2-3,5-8,11-14,22H,4,9-10,15-17H2,1H3,(H,25,28). The van der Waals surface area contributed by atoms with Crippen LogP contribution in [0.15, 0.2) is 60.7 Å². The second-order valence-corrected chi connectivity index (χ2v) is 7.61. The van der Waals surface area contributed by atoms with Gasteiger partial charge in [0.15, 0.2) is 0 Å². The Labute approximate surface area is 181 Å². The molecule has 1 aliphatic carbocycles. The lowest BCUT2D eigenvalue weighted by atomic mass is 9.84. The highest BCUT2D eigenvalue weighted by molar-refractivity contribution is 5.89. The summed E-state index contributed by atoms with van der Waals surface area (Å²) in [5, 5.41) is 2.68. The van der Waals surface area contributed by atoms with Crippen molar-refractivity contribution in [1.29, 1.82) is 0 Å². The van der Waals surface area contributed by atoms with Crippen LogP contribution in [0.1, 0.15) is 61.2 Å². The Bertz CT molecular complexity index is 877. The Morgan fingerprint density at radius 2 is 1.52 bits per heavy atom. The summed E-state index contributed by atoms with van der Waals surface area (Å²) in [6.45, 7) is 1.50. The molecule has 1 N–H and O–H groups in total. The van der Waals surface area contributed by atoms with E-state index in [0.29, 0.717) is 24.0 Å². The van der Waals surface area contributed by atoms with Gasteiger partial charge in [0, 0.05) is 12.5 Å². The summed E-state index contributed by atoms with van der Waals surface area (Å²) in [6.07, 6.45) is 2.29. The van der Waals surface area contributed by atoms with E-state index in [4.69, 9.17) is 14.2 Å². The molecule has 1 aliphatic rings. The summed E-state index contributed by atoms with van der Waals surface area (Å²) >= 11 is 0. The zero-order valence-electron chi connectivity index (χ0n) is 17.5. The topological polar surface area (TPSA) is 90.9 Å². The van der Waals surface area contributed by atoms with Crippen LogP contribution < -0.4 is 5.32 Å². The maximum Gasteiger partial charge on any atom is 0.410 e. The molecule has 1 unspecified atom stereocenters. The van der Waals surface area contributed by atoms with Gasteiger partial charge in [-0.3, -0.25) is 4.79 Å². The SMILES string of the molecule is CC(=O)OC1(CNC(=O)OC(OC(=O)c2ccccc2)c2ccccc2)CCCCC1. The molecule has 2 aromatic rings. The van der Waals surface area contributed by atoms with Gasteiger partial charge < -0.3 is 19.5 Å². The van der Waals surface area contributed by atoms with Gasteiger partial charge >= 0.3 is 18.0 Å². The lowest BCUT2D eigenvalue weighted by Gasteiger charge is -2.36. The average Bonchev–Trinajstić information content (AvgIpc) is 2.78. The average molecular weight is 425 g/mol. The van der Waals surface area contributed by atoms with E-state index >= 15 is 0 Å². The Kier molecular flexibility index (Phi) is 7.65. The summed E-state index contributed by atoms with van der Waals surface area (Å²) in [6, 6.07) is 17.2. The number of hydrogen-bond donors (Lipinski definition) is 1. The number of ether oxygens (including phenoxy) is 3. The number of hydrogen-bond acceptors (Lipinski definition) is 6. The van der Waals surface area contributed by atoms with Crippen LogP contribution in [0.5, 0.6) is 0 Å². The van der Waals surface area contributed by atoms with Crippen molar-refractivity contribution in [2.45, 2.75) is 50.9 Å². The van der Waals surface area contributed by atoms with Crippen LogP contribution in [0.4, 0.5) is 4.79 Å². The Hall–Kier alpha value is -3.35. The highest BCUT2D eigenvalue weighted by Crippen LogP contribution is 2.31. The molecule has 0 aromatic heterocycles. The second kappa shape index (κ2) is 10.6. The molecule has 0 spiro atoms. The predicted octanol–water partition coefficient (Wildman–Crippen LogP) is 4.53. The van der Waals surface area contributed by atoms with Crippen molar-refractivity contribution in [3.05, 3.63) is 71.8 Å². The molecule has 0 radical (unpaired) electrons. The van der Waals surface area contributed by atoms with E-state index in [1.807, 2.05) is 6.07 Å². The summed E-state index contributed by atoms with van der Waals surface area (Å²) < 4.78 is 16.5. The predicted molar refractivity (Wildman–Crippen MR) is 113 cm³/mol. The van der Waals surface area contributed by atoms with Crippen molar-refractivity contribution in [2.75, 3.05) is 6.54 Å². The van der Waals surface area contributed by atoms with Crippen LogP contribution in [-0.4, -0.2) is 30.2 Å². The number of rotatable bonds is 7. The van der Waals surface area contributed by atoms with Gasteiger partial charge in [0.05, 0.1) is 12.1 Å². The summed E-state index contributed by atoms with van der Waals surface area (Å²) in [5.74, 6) is -0.984. The van der Waals surface area contributed by atoms with Crippen LogP contribution in [-0.2, 0) is 19.0 Å². The molecule has 1 fully saturated rings. The first kappa shape index (κ1) is 22.3. The van der Waals surface area contributed by atoms with Crippen molar-refractivity contribution in [2.24, 2.45) is 0 Å². The molecule has 3 rings (SSSR count). The van der Waals surface area contributed by atoms with Gasteiger partial charge in [-0.05, 0) is 37.8 Å². The Morgan fingerprint density at radius 1 is 0.903 bits per heavy atom. The van der Waals surface area contributed by atoms with Crippen LogP contribution in [0.3, 0.4) is 0 Å². The third kappa shape index (κ3) is 6.57. The maximum atomic E-state index is 12.6. The summed E-state index contributed by atoms with van der Waals surface area (Å²) in [5.41, 5.74) is 0.143. The third-order valence-corrected chi connectivity index (χ3v) is 5.19.